The van der Waals surface area contributed by atoms with Crippen molar-refractivity contribution in [3.63, 3.8) is 0 Å². The normalized spacial score (nSPS) is 11.7. The van der Waals surface area contributed by atoms with E-state index in [2.05, 4.69) is 0 Å². The second-order valence-corrected chi connectivity index (χ2v) is 6.91. The molecule has 1 amide bonds. The molecule has 0 fully saturated rings. The van der Waals surface area contributed by atoms with Crippen molar-refractivity contribution in [1.82, 2.24) is 4.90 Å². The molecule has 1 unspecified atom stereocenters. The van der Waals surface area contributed by atoms with Crippen molar-refractivity contribution in [2.24, 2.45) is 5.92 Å². The van der Waals surface area contributed by atoms with Crippen molar-refractivity contribution in [3.05, 3.63) is 63.6 Å². The molecule has 138 valence electrons. The molecule has 0 saturated carbocycles. The fourth-order valence-electron chi connectivity index (χ4n) is 2.77. The molecule has 0 aliphatic heterocycles. The second kappa shape index (κ2) is 9.60. The van der Waals surface area contributed by atoms with E-state index in [1.54, 1.807) is 31.2 Å². The number of halogens is 2. The number of rotatable bonds is 8. The minimum absolute atomic E-state index is 0.0917. The molecule has 0 N–H and O–H groups in total. The zero-order valence-corrected chi connectivity index (χ0v) is 16.3. The van der Waals surface area contributed by atoms with E-state index in [0.29, 0.717) is 23.0 Å². The van der Waals surface area contributed by atoms with Gasteiger partial charge in [0.25, 0.3) is 0 Å². The summed E-state index contributed by atoms with van der Waals surface area (Å²) < 4.78 is 5.21. The Labute approximate surface area is 163 Å². The Morgan fingerprint density at radius 1 is 1.15 bits per heavy atom. The molecule has 0 saturated heterocycles. The third-order valence-corrected chi connectivity index (χ3v) is 4.87. The lowest BCUT2D eigenvalue weighted by atomic mass is 9.95. The largest absolute Gasteiger partial charge is 0.497 e. The van der Waals surface area contributed by atoms with Crippen molar-refractivity contribution in [1.29, 1.82) is 0 Å². The maximum atomic E-state index is 12.8. The topological polar surface area (TPSA) is 46.6 Å². The number of hydrogen-bond acceptors (Lipinski definition) is 3. The molecule has 26 heavy (non-hydrogen) atoms. The average molecular weight is 394 g/mol. The summed E-state index contributed by atoms with van der Waals surface area (Å²) in [6, 6.07) is 12.8. The van der Waals surface area contributed by atoms with Crippen LogP contribution in [0.3, 0.4) is 0 Å². The van der Waals surface area contributed by atoms with Crippen LogP contribution in [0, 0.1) is 5.92 Å². The smallest absolute Gasteiger partial charge is 0.226 e. The van der Waals surface area contributed by atoms with Crippen molar-refractivity contribution >= 4 is 35.4 Å². The first-order valence-electron chi connectivity index (χ1n) is 8.20. The van der Waals surface area contributed by atoms with Crippen LogP contribution in [-0.4, -0.2) is 31.3 Å². The summed E-state index contributed by atoms with van der Waals surface area (Å²) in [6.45, 7) is 0.437. The van der Waals surface area contributed by atoms with Crippen LogP contribution in [0.25, 0.3) is 0 Å². The van der Waals surface area contributed by atoms with Gasteiger partial charge in [0.1, 0.15) is 12.0 Å². The summed E-state index contributed by atoms with van der Waals surface area (Å²) in [6.07, 6.45) is 1.36. The third kappa shape index (κ3) is 5.48. The van der Waals surface area contributed by atoms with Gasteiger partial charge in [-0.15, -0.1) is 0 Å². The number of amides is 1. The Morgan fingerprint density at radius 2 is 1.92 bits per heavy atom. The SMILES string of the molecule is COc1cccc(CN(C)C(=O)C(CC=O)Cc2ccc(Cl)c(Cl)c2)c1. The zero-order chi connectivity index (χ0) is 19.1. The highest BCUT2D eigenvalue weighted by molar-refractivity contribution is 6.42. The van der Waals surface area contributed by atoms with Gasteiger partial charge in [-0.2, -0.15) is 0 Å². The molecule has 0 aliphatic carbocycles. The highest BCUT2D eigenvalue weighted by Crippen LogP contribution is 2.25. The summed E-state index contributed by atoms with van der Waals surface area (Å²) in [5.74, 6) is 0.204. The number of nitrogens with zero attached hydrogens (tertiary/aromatic N) is 1. The molecule has 0 aromatic heterocycles. The van der Waals surface area contributed by atoms with Gasteiger partial charge in [0.2, 0.25) is 5.91 Å². The molecule has 0 heterocycles. The fourth-order valence-corrected chi connectivity index (χ4v) is 3.09. The molecule has 4 nitrogen and oxygen atoms in total. The number of ether oxygens (including phenoxy) is 1. The van der Waals surface area contributed by atoms with Gasteiger partial charge in [0.15, 0.2) is 0 Å². The van der Waals surface area contributed by atoms with Gasteiger partial charge < -0.3 is 14.4 Å². The van der Waals surface area contributed by atoms with Crippen molar-refractivity contribution in [3.8, 4) is 5.75 Å². The molecule has 2 aromatic carbocycles. The summed E-state index contributed by atoms with van der Waals surface area (Å²) in [7, 11) is 3.33. The lowest BCUT2D eigenvalue weighted by Gasteiger charge is -2.23. The first-order valence-corrected chi connectivity index (χ1v) is 8.95. The molecular weight excluding hydrogens is 373 g/mol. The number of benzene rings is 2. The van der Waals surface area contributed by atoms with Gasteiger partial charge in [-0.25, -0.2) is 0 Å². The monoisotopic (exact) mass is 393 g/mol. The molecule has 2 rings (SSSR count). The van der Waals surface area contributed by atoms with Crippen LogP contribution in [0.4, 0.5) is 0 Å². The minimum atomic E-state index is -0.444. The van der Waals surface area contributed by atoms with Gasteiger partial charge in [-0.05, 0) is 41.8 Å². The molecule has 0 aliphatic rings. The van der Waals surface area contributed by atoms with Crippen molar-refractivity contribution < 1.29 is 14.3 Å². The second-order valence-electron chi connectivity index (χ2n) is 6.10. The Morgan fingerprint density at radius 3 is 2.58 bits per heavy atom. The van der Waals surface area contributed by atoms with Gasteiger partial charge in [-0.3, -0.25) is 4.79 Å². The van der Waals surface area contributed by atoms with E-state index in [4.69, 9.17) is 27.9 Å². The molecule has 0 bridgehead atoms. The van der Waals surface area contributed by atoms with Crippen LogP contribution in [0.5, 0.6) is 5.75 Å². The van der Waals surface area contributed by atoms with Crippen LogP contribution in [0.1, 0.15) is 17.5 Å². The molecule has 2 aromatic rings. The summed E-state index contributed by atoms with van der Waals surface area (Å²) in [4.78, 5) is 25.5. The quantitative estimate of drug-likeness (QED) is 0.624. The molecule has 1 atom stereocenters. The molecule has 6 heteroatoms. The van der Waals surface area contributed by atoms with Crippen LogP contribution < -0.4 is 4.74 Å². The van der Waals surface area contributed by atoms with Crippen LogP contribution in [0.2, 0.25) is 10.0 Å². The first kappa shape index (κ1) is 20.3. The summed E-state index contributed by atoms with van der Waals surface area (Å²) in [5, 5.41) is 0.898. The highest BCUT2D eigenvalue weighted by Gasteiger charge is 2.22. The number of carbonyl (C=O) groups is 2. The van der Waals surface area contributed by atoms with Crippen molar-refractivity contribution in [2.75, 3.05) is 14.2 Å². The van der Waals surface area contributed by atoms with E-state index in [-0.39, 0.29) is 12.3 Å². The van der Waals surface area contributed by atoms with E-state index in [9.17, 15) is 9.59 Å². The standard InChI is InChI=1S/C20H21Cl2NO3/c1-23(13-15-4-3-5-17(11-15)26-2)20(25)16(8-9-24)10-14-6-7-18(21)19(22)12-14/h3-7,9,11-12,16H,8,10,13H2,1-2H3. The maximum absolute atomic E-state index is 12.8. The van der Waals surface area contributed by atoms with E-state index in [1.807, 2.05) is 30.3 Å². The minimum Gasteiger partial charge on any atom is -0.497 e. The summed E-state index contributed by atoms with van der Waals surface area (Å²) >= 11 is 12.0. The molecule has 0 radical (unpaired) electrons. The predicted molar refractivity (Wildman–Crippen MR) is 104 cm³/mol. The number of hydrogen-bond donors (Lipinski definition) is 0. The number of carbonyl (C=O) groups excluding carboxylic acids is 2. The molecular formula is C20H21Cl2NO3. The number of methoxy groups -OCH3 is 1. The lowest BCUT2D eigenvalue weighted by molar-refractivity contribution is -0.136. The van der Waals surface area contributed by atoms with Crippen LogP contribution in [0.15, 0.2) is 42.5 Å². The van der Waals surface area contributed by atoms with Crippen LogP contribution in [-0.2, 0) is 22.6 Å². The van der Waals surface area contributed by atoms with Crippen molar-refractivity contribution in [2.45, 2.75) is 19.4 Å². The Balaban J connectivity index is 2.10. The van der Waals surface area contributed by atoms with E-state index >= 15 is 0 Å². The Bertz CT molecular complexity index is 779. The van der Waals surface area contributed by atoms with Crippen LogP contribution >= 0.6 is 23.2 Å². The average Bonchev–Trinajstić information content (AvgIpc) is 2.63. The van der Waals surface area contributed by atoms with E-state index in [0.717, 1.165) is 23.2 Å². The van der Waals surface area contributed by atoms with Gasteiger partial charge in [-0.1, -0.05) is 41.4 Å². The summed E-state index contributed by atoms with van der Waals surface area (Å²) in [5.41, 5.74) is 1.83. The lowest BCUT2D eigenvalue weighted by Crippen LogP contribution is -2.34. The predicted octanol–water partition coefficient (Wildman–Crippen LogP) is 4.41. The van der Waals surface area contributed by atoms with Gasteiger partial charge in [0, 0.05) is 25.9 Å². The Kier molecular flexibility index (Phi) is 7.49. The number of aldehydes is 1. The molecule has 0 spiro atoms. The fraction of sp³-hybridized carbons (Fsp3) is 0.300. The van der Waals surface area contributed by atoms with E-state index < -0.39 is 5.92 Å². The Hall–Kier alpha value is -2.04. The zero-order valence-electron chi connectivity index (χ0n) is 14.7. The first-order chi connectivity index (χ1) is 12.4. The van der Waals surface area contributed by atoms with Gasteiger partial charge in [0.05, 0.1) is 17.2 Å². The highest BCUT2D eigenvalue weighted by atomic mass is 35.5. The third-order valence-electron chi connectivity index (χ3n) is 4.13. The van der Waals surface area contributed by atoms with Gasteiger partial charge >= 0.3 is 0 Å². The van der Waals surface area contributed by atoms with E-state index in [1.165, 1.54) is 0 Å². The maximum Gasteiger partial charge on any atom is 0.226 e.